The highest BCUT2D eigenvalue weighted by atomic mass is 35.5. The summed E-state index contributed by atoms with van der Waals surface area (Å²) in [4.78, 5) is 22.3. The van der Waals surface area contributed by atoms with Gasteiger partial charge in [0.2, 0.25) is 0 Å². The Hall–Kier alpha value is -2.93. The molecule has 8 heteroatoms. The number of amides is 1. The summed E-state index contributed by atoms with van der Waals surface area (Å²) in [5, 5.41) is 15.2. The van der Waals surface area contributed by atoms with E-state index in [4.69, 9.17) is 16.3 Å². The number of hydrogen-bond donors (Lipinski definition) is 1. The van der Waals surface area contributed by atoms with Crippen LogP contribution in [0.5, 0.6) is 5.75 Å². The molecular weight excluding hydrogens is 358 g/mol. The zero-order valence-electron chi connectivity index (χ0n) is 14.1. The van der Waals surface area contributed by atoms with E-state index in [1.807, 2.05) is 0 Å². The Bertz CT molecular complexity index is 824. The third-order valence-corrected chi connectivity index (χ3v) is 3.65. The number of ether oxygens (including phenoxy) is 1. The SMILES string of the molecule is CCCCOc1ccc(Cl)cc1/C=N/NC(=O)c1cccc([N+](=O)[O-])c1. The molecule has 0 aliphatic rings. The lowest BCUT2D eigenvalue weighted by atomic mass is 10.2. The van der Waals surface area contributed by atoms with Crippen molar-refractivity contribution in [3.8, 4) is 5.75 Å². The zero-order valence-corrected chi connectivity index (χ0v) is 14.9. The predicted octanol–water partition coefficient (Wildman–Crippen LogP) is 4.19. The molecule has 1 amide bonds. The maximum atomic E-state index is 12.1. The second kappa shape index (κ2) is 9.53. The quantitative estimate of drug-likeness (QED) is 0.324. The average molecular weight is 376 g/mol. The van der Waals surface area contributed by atoms with E-state index < -0.39 is 10.8 Å². The third-order valence-electron chi connectivity index (χ3n) is 3.42. The summed E-state index contributed by atoms with van der Waals surface area (Å²) < 4.78 is 5.68. The van der Waals surface area contributed by atoms with Crippen LogP contribution in [0, 0.1) is 10.1 Å². The van der Waals surface area contributed by atoms with E-state index in [0.717, 1.165) is 12.8 Å². The van der Waals surface area contributed by atoms with Crippen LogP contribution in [0.4, 0.5) is 5.69 Å². The number of nitro benzene ring substituents is 1. The highest BCUT2D eigenvalue weighted by molar-refractivity contribution is 6.30. The van der Waals surface area contributed by atoms with Gasteiger partial charge in [0, 0.05) is 28.3 Å². The number of rotatable bonds is 8. The molecule has 1 N–H and O–H groups in total. The van der Waals surface area contributed by atoms with Crippen molar-refractivity contribution >= 4 is 29.4 Å². The van der Waals surface area contributed by atoms with Gasteiger partial charge in [-0.25, -0.2) is 5.43 Å². The summed E-state index contributed by atoms with van der Waals surface area (Å²) in [5.41, 5.74) is 2.93. The van der Waals surface area contributed by atoms with Crippen LogP contribution in [0.3, 0.4) is 0 Å². The van der Waals surface area contributed by atoms with Gasteiger partial charge in [0.05, 0.1) is 17.7 Å². The summed E-state index contributed by atoms with van der Waals surface area (Å²) in [6.45, 7) is 2.63. The summed E-state index contributed by atoms with van der Waals surface area (Å²) in [6.07, 6.45) is 3.35. The summed E-state index contributed by atoms with van der Waals surface area (Å²) in [6, 6.07) is 10.5. The number of non-ortho nitro benzene ring substituents is 1. The molecule has 0 unspecified atom stereocenters. The fourth-order valence-corrected chi connectivity index (χ4v) is 2.24. The molecule has 0 atom stereocenters. The number of unbranched alkanes of at least 4 members (excludes halogenated alkanes) is 1. The van der Waals surface area contributed by atoms with Crippen LogP contribution in [0.15, 0.2) is 47.6 Å². The number of carbonyl (C=O) groups excluding carboxylic acids is 1. The molecule has 2 aromatic carbocycles. The Morgan fingerprint density at radius 3 is 2.88 bits per heavy atom. The number of nitrogens with zero attached hydrogens (tertiary/aromatic N) is 2. The van der Waals surface area contributed by atoms with Crippen molar-refractivity contribution in [2.24, 2.45) is 5.10 Å². The molecule has 0 aliphatic heterocycles. The Morgan fingerprint density at radius 1 is 1.35 bits per heavy atom. The predicted molar refractivity (Wildman–Crippen MR) is 100 cm³/mol. The van der Waals surface area contributed by atoms with Crippen molar-refractivity contribution in [1.82, 2.24) is 5.43 Å². The fourth-order valence-electron chi connectivity index (χ4n) is 2.06. The minimum Gasteiger partial charge on any atom is -0.493 e. The van der Waals surface area contributed by atoms with E-state index >= 15 is 0 Å². The number of nitrogens with one attached hydrogen (secondary N) is 1. The molecule has 26 heavy (non-hydrogen) atoms. The van der Waals surface area contributed by atoms with Gasteiger partial charge in [-0.15, -0.1) is 0 Å². The maximum Gasteiger partial charge on any atom is 0.271 e. The molecule has 0 heterocycles. The van der Waals surface area contributed by atoms with Crippen molar-refractivity contribution in [3.05, 3.63) is 68.7 Å². The van der Waals surface area contributed by atoms with Crippen molar-refractivity contribution in [2.45, 2.75) is 19.8 Å². The molecule has 0 radical (unpaired) electrons. The number of carbonyl (C=O) groups is 1. The van der Waals surface area contributed by atoms with Gasteiger partial charge in [-0.05, 0) is 30.7 Å². The molecule has 2 aromatic rings. The Labute approximate surface area is 155 Å². The second-order valence-corrected chi connectivity index (χ2v) is 5.83. The Kier molecular flexibility index (Phi) is 7.11. The normalized spacial score (nSPS) is 10.7. The lowest BCUT2D eigenvalue weighted by Crippen LogP contribution is -2.17. The number of hydrogen-bond acceptors (Lipinski definition) is 5. The van der Waals surface area contributed by atoms with Gasteiger partial charge in [-0.2, -0.15) is 5.10 Å². The molecular formula is C18H18ClN3O4. The number of halogens is 1. The summed E-state index contributed by atoms with van der Waals surface area (Å²) >= 11 is 5.99. The van der Waals surface area contributed by atoms with E-state index in [0.29, 0.717) is 22.9 Å². The van der Waals surface area contributed by atoms with Crippen LogP contribution in [-0.2, 0) is 0 Å². The van der Waals surface area contributed by atoms with E-state index in [1.165, 1.54) is 30.5 Å². The van der Waals surface area contributed by atoms with Crippen LogP contribution in [-0.4, -0.2) is 23.7 Å². The Morgan fingerprint density at radius 2 is 2.15 bits per heavy atom. The molecule has 136 valence electrons. The minimum absolute atomic E-state index is 0.141. The highest BCUT2D eigenvalue weighted by Gasteiger charge is 2.11. The third kappa shape index (κ3) is 5.56. The van der Waals surface area contributed by atoms with Gasteiger partial charge in [0.1, 0.15) is 5.75 Å². The molecule has 0 saturated heterocycles. The van der Waals surface area contributed by atoms with Crippen LogP contribution >= 0.6 is 11.6 Å². The van der Waals surface area contributed by atoms with E-state index in [-0.39, 0.29) is 11.3 Å². The fraction of sp³-hybridized carbons (Fsp3) is 0.222. The van der Waals surface area contributed by atoms with Crippen molar-refractivity contribution in [3.63, 3.8) is 0 Å². The largest absolute Gasteiger partial charge is 0.493 e. The Balaban J connectivity index is 2.07. The summed E-state index contributed by atoms with van der Waals surface area (Å²) in [7, 11) is 0. The van der Waals surface area contributed by atoms with Gasteiger partial charge in [-0.1, -0.05) is 31.0 Å². The van der Waals surface area contributed by atoms with Crippen molar-refractivity contribution < 1.29 is 14.5 Å². The first-order valence-corrected chi connectivity index (χ1v) is 8.39. The molecule has 0 bridgehead atoms. The number of benzene rings is 2. The maximum absolute atomic E-state index is 12.1. The van der Waals surface area contributed by atoms with Crippen LogP contribution in [0.2, 0.25) is 5.02 Å². The van der Waals surface area contributed by atoms with E-state index in [9.17, 15) is 14.9 Å². The lowest BCUT2D eigenvalue weighted by Gasteiger charge is -2.08. The first kappa shape index (κ1) is 19.4. The minimum atomic E-state index is -0.564. The van der Waals surface area contributed by atoms with E-state index in [2.05, 4.69) is 17.5 Å². The smallest absolute Gasteiger partial charge is 0.271 e. The summed E-state index contributed by atoms with van der Waals surface area (Å²) in [5.74, 6) is 0.0524. The molecule has 7 nitrogen and oxygen atoms in total. The number of nitro groups is 1. The van der Waals surface area contributed by atoms with Gasteiger partial charge in [0.25, 0.3) is 11.6 Å². The van der Waals surface area contributed by atoms with E-state index in [1.54, 1.807) is 18.2 Å². The van der Waals surface area contributed by atoms with Gasteiger partial charge >= 0.3 is 0 Å². The first-order chi connectivity index (χ1) is 12.5. The molecule has 0 fully saturated rings. The van der Waals surface area contributed by atoms with Crippen LogP contribution in [0.1, 0.15) is 35.7 Å². The topological polar surface area (TPSA) is 93.8 Å². The molecule has 0 spiro atoms. The van der Waals surface area contributed by atoms with Crippen LogP contribution in [0.25, 0.3) is 0 Å². The van der Waals surface area contributed by atoms with Gasteiger partial charge in [-0.3, -0.25) is 14.9 Å². The second-order valence-electron chi connectivity index (χ2n) is 5.39. The standard InChI is InChI=1S/C18H18ClN3O4/c1-2-3-9-26-17-8-7-15(19)10-14(17)12-20-21-18(23)13-5-4-6-16(11-13)22(24)25/h4-8,10-12H,2-3,9H2,1H3,(H,21,23)/b20-12+. The first-order valence-electron chi connectivity index (χ1n) is 8.01. The number of hydrazone groups is 1. The van der Waals surface area contributed by atoms with Crippen LogP contribution < -0.4 is 10.2 Å². The van der Waals surface area contributed by atoms with Crippen molar-refractivity contribution in [2.75, 3.05) is 6.61 Å². The van der Waals surface area contributed by atoms with Gasteiger partial charge in [0.15, 0.2) is 0 Å². The highest BCUT2D eigenvalue weighted by Crippen LogP contribution is 2.21. The monoisotopic (exact) mass is 375 g/mol. The molecule has 2 rings (SSSR count). The molecule has 0 aromatic heterocycles. The van der Waals surface area contributed by atoms with Crippen molar-refractivity contribution in [1.29, 1.82) is 0 Å². The molecule has 0 aliphatic carbocycles. The molecule has 0 saturated carbocycles. The average Bonchev–Trinajstić information content (AvgIpc) is 2.63. The van der Waals surface area contributed by atoms with Gasteiger partial charge < -0.3 is 4.74 Å². The zero-order chi connectivity index (χ0) is 18.9. The lowest BCUT2D eigenvalue weighted by molar-refractivity contribution is -0.384.